The topological polar surface area (TPSA) is 105 Å². The number of pyridine rings is 1. The molecular formula is C32H36ClN5O2. The molecule has 0 saturated heterocycles. The van der Waals surface area contributed by atoms with Crippen molar-refractivity contribution >= 4 is 39.8 Å². The Bertz CT molecular complexity index is 1540. The van der Waals surface area contributed by atoms with E-state index in [4.69, 9.17) is 22.1 Å². The molecular weight excluding hydrogens is 522 g/mol. The summed E-state index contributed by atoms with van der Waals surface area (Å²) in [5.74, 6) is 0.368. The van der Waals surface area contributed by atoms with E-state index in [1.807, 2.05) is 36.5 Å². The highest BCUT2D eigenvalue weighted by Crippen LogP contribution is 2.43. The number of carbonyl (C=O) groups excluding carboxylic acids is 1. The van der Waals surface area contributed by atoms with E-state index in [1.165, 1.54) is 23.1 Å². The Kier molecular flexibility index (Phi) is 8.14. The van der Waals surface area contributed by atoms with E-state index in [9.17, 15) is 4.79 Å². The van der Waals surface area contributed by atoms with Crippen molar-refractivity contribution in [1.82, 2.24) is 15.3 Å². The Balaban J connectivity index is 1.25. The minimum absolute atomic E-state index is 0.203. The quantitative estimate of drug-likeness (QED) is 0.165. The van der Waals surface area contributed by atoms with Crippen LogP contribution in [-0.2, 0) is 0 Å². The number of nitrogens with two attached hydrogens (primary N) is 1. The van der Waals surface area contributed by atoms with E-state index in [0.717, 1.165) is 41.1 Å². The van der Waals surface area contributed by atoms with Gasteiger partial charge in [0.15, 0.2) is 0 Å². The van der Waals surface area contributed by atoms with Gasteiger partial charge in [-0.3, -0.25) is 4.79 Å². The zero-order valence-electron chi connectivity index (χ0n) is 23.2. The Morgan fingerprint density at radius 2 is 1.98 bits per heavy atom. The molecule has 2 heterocycles. The van der Waals surface area contributed by atoms with E-state index in [-0.39, 0.29) is 11.5 Å². The first-order valence-electron chi connectivity index (χ1n) is 13.7. The maximum atomic E-state index is 12.1. The standard InChI is InChI=1S/C32H36ClN5O2/c1-20(36-18-23-10-12-32(2,3)16-28(23)21-4-6-24(33)7-5-21)17-37-25-8-9-27(30(34)39)29(15-25)40-26-14-22-11-13-35-31(22)38-19-26/h4-9,11,13-15,19-20,36-37H,10,12,16-18H2,1-3H3,(H2,34,39)(H,35,38)/t20-/m1/s1. The molecule has 0 radical (unpaired) electrons. The number of halogens is 1. The van der Waals surface area contributed by atoms with E-state index >= 15 is 0 Å². The van der Waals surface area contributed by atoms with Crippen molar-refractivity contribution in [2.24, 2.45) is 11.1 Å². The summed E-state index contributed by atoms with van der Waals surface area (Å²) in [6.07, 6.45) is 6.75. The van der Waals surface area contributed by atoms with Crippen LogP contribution in [0.2, 0.25) is 5.02 Å². The Morgan fingerprint density at radius 3 is 2.75 bits per heavy atom. The number of ether oxygens (including phenoxy) is 1. The highest BCUT2D eigenvalue weighted by molar-refractivity contribution is 6.30. The van der Waals surface area contributed by atoms with Crippen molar-refractivity contribution in [2.75, 3.05) is 18.4 Å². The Morgan fingerprint density at radius 1 is 1.18 bits per heavy atom. The molecule has 0 fully saturated rings. The van der Waals surface area contributed by atoms with E-state index in [2.05, 4.69) is 53.5 Å². The van der Waals surface area contributed by atoms with Gasteiger partial charge in [-0.1, -0.05) is 43.2 Å². The third kappa shape index (κ3) is 6.66. The van der Waals surface area contributed by atoms with Gasteiger partial charge in [0.1, 0.15) is 17.1 Å². The van der Waals surface area contributed by atoms with Gasteiger partial charge >= 0.3 is 0 Å². The van der Waals surface area contributed by atoms with Gasteiger partial charge in [-0.15, -0.1) is 0 Å². The highest BCUT2D eigenvalue weighted by atomic mass is 35.5. The van der Waals surface area contributed by atoms with Crippen molar-refractivity contribution in [2.45, 2.75) is 46.1 Å². The Labute approximate surface area is 240 Å². The average molecular weight is 558 g/mol. The number of nitrogens with zero attached hydrogens (tertiary/aromatic N) is 1. The summed E-state index contributed by atoms with van der Waals surface area (Å²) in [6.45, 7) is 8.38. The minimum atomic E-state index is -0.548. The van der Waals surface area contributed by atoms with E-state index in [1.54, 1.807) is 18.3 Å². The van der Waals surface area contributed by atoms with Crippen molar-refractivity contribution < 1.29 is 9.53 Å². The molecule has 0 bridgehead atoms. The first-order chi connectivity index (χ1) is 19.2. The van der Waals surface area contributed by atoms with Crippen molar-refractivity contribution in [3.63, 3.8) is 0 Å². The molecule has 4 aromatic rings. The number of H-pyrrole nitrogens is 1. The molecule has 5 rings (SSSR count). The summed E-state index contributed by atoms with van der Waals surface area (Å²) < 4.78 is 6.05. The smallest absolute Gasteiger partial charge is 0.252 e. The number of amides is 1. The summed E-state index contributed by atoms with van der Waals surface area (Å²) in [5, 5.41) is 8.84. The number of nitrogens with one attached hydrogen (secondary N) is 3. The van der Waals surface area contributed by atoms with Crippen molar-refractivity contribution in [3.8, 4) is 11.5 Å². The number of rotatable bonds is 10. The monoisotopic (exact) mass is 557 g/mol. The molecule has 0 unspecified atom stereocenters. The fourth-order valence-corrected chi connectivity index (χ4v) is 5.27. The summed E-state index contributed by atoms with van der Waals surface area (Å²) in [5.41, 5.74) is 12.0. The molecule has 8 heteroatoms. The van der Waals surface area contributed by atoms with Gasteiger partial charge < -0.3 is 26.1 Å². The molecule has 1 amide bonds. The van der Waals surface area contributed by atoms with E-state index in [0.29, 0.717) is 23.6 Å². The molecule has 2 aromatic heterocycles. The summed E-state index contributed by atoms with van der Waals surface area (Å²) in [4.78, 5) is 19.5. The van der Waals surface area contributed by atoms with Crippen LogP contribution in [0.15, 0.2) is 72.6 Å². The maximum Gasteiger partial charge on any atom is 0.252 e. The number of carbonyl (C=O) groups is 1. The third-order valence-electron chi connectivity index (χ3n) is 7.50. The zero-order chi connectivity index (χ0) is 28.3. The second-order valence-corrected chi connectivity index (χ2v) is 11.8. The molecule has 208 valence electrons. The van der Waals surface area contributed by atoms with Crippen LogP contribution in [0, 0.1) is 5.41 Å². The zero-order valence-corrected chi connectivity index (χ0v) is 23.9. The Hall–Kier alpha value is -3.81. The molecule has 1 aliphatic carbocycles. The number of fused-ring (bicyclic) bond motifs is 1. The highest BCUT2D eigenvalue weighted by Gasteiger charge is 2.27. The number of primary amides is 1. The third-order valence-corrected chi connectivity index (χ3v) is 7.76. The number of allylic oxidation sites excluding steroid dienone is 1. The fourth-order valence-electron chi connectivity index (χ4n) is 5.15. The van der Waals surface area contributed by atoms with Gasteiger partial charge in [-0.05, 0) is 79.1 Å². The second-order valence-electron chi connectivity index (χ2n) is 11.4. The van der Waals surface area contributed by atoms with Crippen LogP contribution >= 0.6 is 11.6 Å². The summed E-state index contributed by atoms with van der Waals surface area (Å²) in [6, 6.07) is 17.5. The first-order valence-corrected chi connectivity index (χ1v) is 14.0. The summed E-state index contributed by atoms with van der Waals surface area (Å²) in [7, 11) is 0. The maximum absolute atomic E-state index is 12.1. The molecule has 0 saturated carbocycles. The lowest BCUT2D eigenvalue weighted by atomic mass is 9.72. The number of hydrogen-bond acceptors (Lipinski definition) is 5. The number of anilines is 1. The number of hydrogen-bond donors (Lipinski definition) is 4. The molecule has 7 nitrogen and oxygen atoms in total. The van der Waals surface area contributed by atoms with Crippen LogP contribution in [-0.4, -0.2) is 35.0 Å². The van der Waals surface area contributed by atoms with Gasteiger partial charge in [-0.2, -0.15) is 0 Å². The van der Waals surface area contributed by atoms with Crippen LogP contribution in [0.25, 0.3) is 16.6 Å². The van der Waals surface area contributed by atoms with Gasteiger partial charge in [0.25, 0.3) is 5.91 Å². The van der Waals surface area contributed by atoms with Gasteiger partial charge in [0.2, 0.25) is 0 Å². The van der Waals surface area contributed by atoms with Crippen LogP contribution in [0.4, 0.5) is 5.69 Å². The SMILES string of the molecule is C[C@H](CNc1ccc(C(N)=O)c(Oc2cnc3[nH]ccc3c2)c1)NCC1=C(c2ccc(Cl)cc2)CC(C)(C)CC1. The number of aromatic nitrogens is 2. The average Bonchev–Trinajstić information content (AvgIpc) is 3.39. The largest absolute Gasteiger partial charge is 0.455 e. The van der Waals surface area contributed by atoms with Crippen molar-refractivity contribution in [3.05, 3.63) is 88.7 Å². The number of benzene rings is 2. The van der Waals surface area contributed by atoms with Gasteiger partial charge in [-0.25, -0.2) is 4.98 Å². The lowest BCUT2D eigenvalue weighted by molar-refractivity contribution is 0.0998. The summed E-state index contributed by atoms with van der Waals surface area (Å²) >= 11 is 6.15. The van der Waals surface area contributed by atoms with Crippen LogP contribution in [0.5, 0.6) is 11.5 Å². The normalized spacial score (nSPS) is 15.7. The molecule has 5 N–H and O–H groups in total. The van der Waals surface area contributed by atoms with Crippen molar-refractivity contribution in [1.29, 1.82) is 0 Å². The molecule has 40 heavy (non-hydrogen) atoms. The predicted octanol–water partition coefficient (Wildman–Crippen LogP) is 7.16. The van der Waals surface area contributed by atoms with Gasteiger partial charge in [0, 0.05) is 47.5 Å². The minimum Gasteiger partial charge on any atom is -0.455 e. The van der Waals surface area contributed by atoms with Crippen LogP contribution in [0.3, 0.4) is 0 Å². The van der Waals surface area contributed by atoms with E-state index < -0.39 is 5.91 Å². The molecule has 1 atom stereocenters. The molecule has 0 aliphatic heterocycles. The molecule has 1 aliphatic rings. The second kappa shape index (κ2) is 11.7. The first kappa shape index (κ1) is 27.7. The molecule has 0 spiro atoms. The lowest BCUT2D eigenvalue weighted by Crippen LogP contribution is -2.35. The molecule has 2 aromatic carbocycles. The van der Waals surface area contributed by atoms with Crippen LogP contribution < -0.4 is 21.1 Å². The lowest BCUT2D eigenvalue weighted by Gasteiger charge is -2.34. The number of aromatic amines is 1. The predicted molar refractivity (Wildman–Crippen MR) is 163 cm³/mol. The van der Waals surface area contributed by atoms with Crippen LogP contribution in [0.1, 0.15) is 56.0 Å². The van der Waals surface area contributed by atoms with Gasteiger partial charge in [0.05, 0.1) is 11.8 Å². The fraction of sp³-hybridized carbons (Fsp3) is 0.312.